The molecular weight excluding hydrogens is 467 g/mol. The molecule has 148 valence electrons. The summed E-state index contributed by atoms with van der Waals surface area (Å²) < 4.78 is 1.98. The zero-order valence-electron chi connectivity index (χ0n) is 15.1. The van der Waals surface area contributed by atoms with Gasteiger partial charge in [-0.25, -0.2) is 4.98 Å². The Kier molecular flexibility index (Phi) is 6.36. The van der Waals surface area contributed by atoms with Crippen molar-refractivity contribution < 1.29 is 4.79 Å². The van der Waals surface area contributed by atoms with Crippen molar-refractivity contribution in [2.45, 2.75) is 22.9 Å². The summed E-state index contributed by atoms with van der Waals surface area (Å²) in [7, 11) is 0. The number of carbonyl (C=O) groups is 1. The molecule has 29 heavy (non-hydrogen) atoms. The summed E-state index contributed by atoms with van der Waals surface area (Å²) >= 11 is 16.5. The van der Waals surface area contributed by atoms with E-state index < -0.39 is 0 Å². The zero-order chi connectivity index (χ0) is 20.4. The molecule has 2 heterocycles. The number of fused-ring (bicyclic) bond motifs is 1. The van der Waals surface area contributed by atoms with E-state index in [4.69, 9.17) is 23.2 Å². The molecule has 0 fully saturated rings. The summed E-state index contributed by atoms with van der Waals surface area (Å²) in [5, 5.41) is 12.9. The number of hydrogen-bond donors (Lipinski definition) is 1. The van der Waals surface area contributed by atoms with E-state index in [-0.39, 0.29) is 11.2 Å². The second-order valence-electron chi connectivity index (χ2n) is 5.99. The third-order valence-electron chi connectivity index (χ3n) is 4.00. The molecule has 0 saturated carbocycles. The van der Waals surface area contributed by atoms with Crippen molar-refractivity contribution in [3.05, 3.63) is 52.5 Å². The first-order chi connectivity index (χ1) is 14.0. The molecule has 4 aromatic rings. The van der Waals surface area contributed by atoms with E-state index >= 15 is 0 Å². The third kappa shape index (κ3) is 4.73. The number of thioether (sulfide) groups is 1. The number of nitrogens with zero attached hydrogens (tertiary/aromatic N) is 3. The van der Waals surface area contributed by atoms with Crippen molar-refractivity contribution in [3.63, 3.8) is 0 Å². The molecule has 0 aliphatic heterocycles. The molecular formula is C19H14Cl2N4OS3. The lowest BCUT2D eigenvalue weighted by molar-refractivity contribution is -0.115. The molecule has 4 rings (SSSR count). The summed E-state index contributed by atoms with van der Waals surface area (Å²) in [6.07, 6.45) is 0.668. The second kappa shape index (κ2) is 8.97. The van der Waals surface area contributed by atoms with E-state index in [9.17, 15) is 4.79 Å². The molecule has 0 saturated heterocycles. The van der Waals surface area contributed by atoms with Crippen molar-refractivity contribution in [3.8, 4) is 10.6 Å². The molecule has 1 amide bonds. The molecule has 0 radical (unpaired) electrons. The van der Waals surface area contributed by atoms with Crippen LogP contribution in [0.25, 0.3) is 20.8 Å². The van der Waals surface area contributed by atoms with Gasteiger partial charge in [-0.15, -0.1) is 21.5 Å². The predicted octanol–water partition coefficient (Wildman–Crippen LogP) is 6.63. The summed E-state index contributed by atoms with van der Waals surface area (Å²) in [6.45, 7) is 1.98. The summed E-state index contributed by atoms with van der Waals surface area (Å²) in [6, 6.07) is 13.1. The van der Waals surface area contributed by atoms with Crippen LogP contribution >= 0.6 is 57.6 Å². The Morgan fingerprint density at radius 2 is 2.00 bits per heavy atom. The van der Waals surface area contributed by atoms with Crippen LogP contribution in [0.1, 0.15) is 13.3 Å². The van der Waals surface area contributed by atoms with Crippen LogP contribution < -0.4 is 5.32 Å². The van der Waals surface area contributed by atoms with E-state index in [0.29, 0.717) is 26.6 Å². The van der Waals surface area contributed by atoms with Crippen LogP contribution in [0.4, 0.5) is 5.13 Å². The Labute approximate surface area is 189 Å². The van der Waals surface area contributed by atoms with Gasteiger partial charge in [-0.3, -0.25) is 10.1 Å². The van der Waals surface area contributed by atoms with Gasteiger partial charge in [0.2, 0.25) is 11.0 Å². The molecule has 0 aliphatic rings. The largest absolute Gasteiger partial charge is 0.300 e. The molecule has 2 aromatic heterocycles. The zero-order valence-corrected chi connectivity index (χ0v) is 19.0. The average molecular weight is 481 g/mol. The van der Waals surface area contributed by atoms with Crippen LogP contribution in [0.2, 0.25) is 10.0 Å². The lowest BCUT2D eigenvalue weighted by Gasteiger charge is -2.11. The maximum atomic E-state index is 12.8. The van der Waals surface area contributed by atoms with E-state index in [2.05, 4.69) is 20.5 Å². The second-order valence-corrected chi connectivity index (χ2v) is 10.3. The van der Waals surface area contributed by atoms with Crippen LogP contribution in [0.15, 0.2) is 46.8 Å². The van der Waals surface area contributed by atoms with Gasteiger partial charge in [0.25, 0.3) is 0 Å². The van der Waals surface area contributed by atoms with Gasteiger partial charge in [-0.1, -0.05) is 65.4 Å². The maximum absolute atomic E-state index is 12.8. The Bertz CT molecular complexity index is 1140. The number of hydrogen-bond acceptors (Lipinski definition) is 7. The molecule has 1 unspecified atom stereocenters. The van der Waals surface area contributed by atoms with Crippen LogP contribution in [-0.2, 0) is 4.79 Å². The van der Waals surface area contributed by atoms with Gasteiger partial charge in [0.1, 0.15) is 0 Å². The lowest BCUT2D eigenvalue weighted by atomic mass is 10.2. The van der Waals surface area contributed by atoms with Crippen molar-refractivity contribution in [1.29, 1.82) is 0 Å². The predicted molar refractivity (Wildman–Crippen MR) is 124 cm³/mol. The van der Waals surface area contributed by atoms with Crippen LogP contribution in [0.5, 0.6) is 0 Å². The Morgan fingerprint density at radius 1 is 1.17 bits per heavy atom. The van der Waals surface area contributed by atoms with Gasteiger partial charge in [-0.05, 0) is 36.8 Å². The number of benzene rings is 2. The normalized spacial score (nSPS) is 12.2. The lowest BCUT2D eigenvalue weighted by Crippen LogP contribution is -2.24. The van der Waals surface area contributed by atoms with E-state index in [1.807, 2.05) is 31.2 Å². The maximum Gasteiger partial charge on any atom is 0.239 e. The first-order valence-electron chi connectivity index (χ1n) is 8.65. The molecule has 0 aliphatic carbocycles. The number of para-hydroxylation sites is 1. The summed E-state index contributed by atoms with van der Waals surface area (Å²) in [5.41, 5.74) is 1.67. The van der Waals surface area contributed by atoms with Crippen LogP contribution in [0, 0.1) is 0 Å². The first-order valence-corrected chi connectivity index (χ1v) is 11.9. The number of nitrogens with one attached hydrogen (secondary N) is 1. The highest BCUT2D eigenvalue weighted by Gasteiger charge is 2.22. The van der Waals surface area contributed by atoms with E-state index in [0.717, 1.165) is 20.1 Å². The standard InChI is InChI=1S/C19H14Cl2N4OS3/c1-2-14(27-19-22-13-5-3-4-6-15(13)28-19)16(26)23-18-25-24-17(29-18)11-8-7-10(20)9-12(11)21/h3-9,14H,2H2,1H3,(H,23,25,26). The minimum Gasteiger partial charge on any atom is -0.300 e. The van der Waals surface area contributed by atoms with E-state index in [1.165, 1.54) is 23.1 Å². The molecule has 5 nitrogen and oxygen atoms in total. The van der Waals surface area contributed by atoms with Gasteiger partial charge in [0.15, 0.2) is 9.35 Å². The Balaban J connectivity index is 1.47. The van der Waals surface area contributed by atoms with Gasteiger partial charge in [-0.2, -0.15) is 0 Å². The average Bonchev–Trinajstić information content (AvgIpc) is 3.32. The highest BCUT2D eigenvalue weighted by molar-refractivity contribution is 8.02. The van der Waals surface area contributed by atoms with Gasteiger partial charge >= 0.3 is 0 Å². The molecule has 10 heteroatoms. The molecule has 2 aromatic carbocycles. The van der Waals surface area contributed by atoms with Crippen LogP contribution in [-0.4, -0.2) is 26.3 Å². The third-order valence-corrected chi connectivity index (χ3v) is 7.91. The number of rotatable bonds is 6. The SMILES string of the molecule is CCC(Sc1nc2ccccc2s1)C(=O)Nc1nnc(-c2ccc(Cl)cc2Cl)s1. The highest BCUT2D eigenvalue weighted by Crippen LogP contribution is 2.35. The number of thiazole rings is 1. The quantitative estimate of drug-likeness (QED) is 0.313. The van der Waals surface area contributed by atoms with Crippen molar-refractivity contribution >= 4 is 78.9 Å². The Morgan fingerprint density at radius 3 is 2.76 bits per heavy atom. The Hall–Kier alpha value is -1.71. The molecule has 1 N–H and O–H groups in total. The fraction of sp³-hybridized carbons (Fsp3) is 0.158. The highest BCUT2D eigenvalue weighted by atomic mass is 35.5. The first kappa shape index (κ1) is 20.6. The minimum atomic E-state index is -0.276. The van der Waals surface area contributed by atoms with Crippen LogP contribution in [0.3, 0.4) is 0 Å². The number of anilines is 1. The van der Waals surface area contributed by atoms with Crippen molar-refractivity contribution in [1.82, 2.24) is 15.2 Å². The molecule has 0 spiro atoms. The number of carbonyl (C=O) groups excluding carboxylic acids is 1. The van der Waals surface area contributed by atoms with Crippen molar-refractivity contribution in [2.24, 2.45) is 0 Å². The topological polar surface area (TPSA) is 67.8 Å². The molecule has 0 bridgehead atoms. The fourth-order valence-corrected chi connectivity index (χ4v) is 6.15. The number of aromatic nitrogens is 3. The van der Waals surface area contributed by atoms with E-state index in [1.54, 1.807) is 29.5 Å². The van der Waals surface area contributed by atoms with Crippen molar-refractivity contribution in [2.75, 3.05) is 5.32 Å². The van der Waals surface area contributed by atoms with Gasteiger partial charge < -0.3 is 0 Å². The number of halogens is 2. The molecule has 1 atom stereocenters. The summed E-state index contributed by atoms with van der Waals surface area (Å²) in [5.74, 6) is -0.123. The smallest absolute Gasteiger partial charge is 0.239 e. The summed E-state index contributed by atoms with van der Waals surface area (Å²) in [4.78, 5) is 17.4. The fourth-order valence-electron chi connectivity index (χ4n) is 2.58. The monoisotopic (exact) mass is 480 g/mol. The minimum absolute atomic E-state index is 0.123. The number of amides is 1. The van der Waals surface area contributed by atoms with Gasteiger partial charge in [0, 0.05) is 10.6 Å². The van der Waals surface area contributed by atoms with Gasteiger partial charge in [0.05, 0.1) is 20.5 Å².